The molecular formula is C18H14ClF3N6OS. The third-order valence-electron chi connectivity index (χ3n) is 4.24. The Hall–Kier alpha value is -2.79. The maximum Gasteiger partial charge on any atom is 0.417 e. The van der Waals surface area contributed by atoms with Crippen LogP contribution >= 0.6 is 23.4 Å². The lowest BCUT2D eigenvalue weighted by Gasteiger charge is -2.10. The van der Waals surface area contributed by atoms with Crippen molar-refractivity contribution in [3.63, 3.8) is 0 Å². The summed E-state index contributed by atoms with van der Waals surface area (Å²) in [6, 6.07) is 6.49. The number of methoxy groups -OCH3 is 1. The number of benzene rings is 1. The number of alkyl halides is 3. The molecule has 4 aromatic rings. The largest absolute Gasteiger partial charge is 0.494 e. The fraction of sp³-hybridized carbons (Fsp3) is 0.222. The highest BCUT2D eigenvalue weighted by molar-refractivity contribution is 7.98. The van der Waals surface area contributed by atoms with Gasteiger partial charge in [-0.2, -0.15) is 17.9 Å². The SMILES string of the molecule is COc1ccc(C)cc1-n1nnnc1SCc1cn2cc(C(F)(F)F)cc(Cl)c2n1. The molecule has 0 spiro atoms. The zero-order valence-electron chi connectivity index (χ0n) is 15.7. The van der Waals surface area contributed by atoms with Gasteiger partial charge in [0, 0.05) is 18.1 Å². The van der Waals surface area contributed by atoms with E-state index in [2.05, 4.69) is 20.5 Å². The molecule has 0 aliphatic rings. The predicted molar refractivity (Wildman–Crippen MR) is 105 cm³/mol. The maximum atomic E-state index is 13.0. The van der Waals surface area contributed by atoms with Crippen LogP contribution in [0, 0.1) is 6.92 Å². The maximum absolute atomic E-state index is 13.0. The highest BCUT2D eigenvalue weighted by Gasteiger charge is 2.32. The summed E-state index contributed by atoms with van der Waals surface area (Å²) in [4.78, 5) is 4.33. The van der Waals surface area contributed by atoms with E-state index in [0.29, 0.717) is 28.0 Å². The van der Waals surface area contributed by atoms with Crippen LogP contribution in [-0.2, 0) is 11.9 Å². The van der Waals surface area contributed by atoms with Gasteiger partial charge in [-0.25, -0.2) is 4.98 Å². The standard InChI is InChI=1S/C18H14ClF3N6OS/c1-10-3-4-15(29-2)14(5-10)28-17(24-25-26-28)30-9-12-8-27-7-11(18(20,21)22)6-13(19)16(27)23-12/h3-8H,9H2,1-2H3. The lowest BCUT2D eigenvalue weighted by Crippen LogP contribution is -2.06. The molecule has 0 unspecified atom stereocenters. The minimum absolute atomic E-state index is 0.0737. The molecule has 7 nitrogen and oxygen atoms in total. The number of hydrogen-bond acceptors (Lipinski definition) is 6. The molecule has 30 heavy (non-hydrogen) atoms. The van der Waals surface area contributed by atoms with Gasteiger partial charge in [0.2, 0.25) is 5.16 Å². The molecule has 0 saturated carbocycles. The highest BCUT2D eigenvalue weighted by Crippen LogP contribution is 2.33. The molecule has 0 bridgehead atoms. The van der Waals surface area contributed by atoms with Crippen molar-refractivity contribution in [3.8, 4) is 11.4 Å². The number of thioether (sulfide) groups is 1. The van der Waals surface area contributed by atoms with E-state index in [4.69, 9.17) is 16.3 Å². The fourth-order valence-electron chi connectivity index (χ4n) is 2.86. The average Bonchev–Trinajstić information content (AvgIpc) is 3.32. The number of pyridine rings is 1. The molecule has 0 radical (unpaired) electrons. The van der Waals surface area contributed by atoms with Crippen molar-refractivity contribution in [3.05, 3.63) is 58.5 Å². The fourth-order valence-corrected chi connectivity index (χ4v) is 3.88. The Bertz CT molecular complexity index is 1220. The molecule has 0 N–H and O–H groups in total. The number of tetrazole rings is 1. The van der Waals surface area contributed by atoms with Crippen LogP contribution in [0.5, 0.6) is 5.75 Å². The van der Waals surface area contributed by atoms with Crippen LogP contribution < -0.4 is 4.74 Å². The molecule has 1 aromatic carbocycles. The average molecular weight is 455 g/mol. The molecule has 156 valence electrons. The van der Waals surface area contributed by atoms with Crippen LogP contribution in [0.1, 0.15) is 16.8 Å². The Balaban J connectivity index is 1.61. The summed E-state index contributed by atoms with van der Waals surface area (Å²) in [6.45, 7) is 1.94. The Kier molecular flexibility index (Phi) is 5.33. The third-order valence-corrected chi connectivity index (χ3v) is 5.47. The second-order valence-corrected chi connectivity index (χ2v) is 7.72. The minimum Gasteiger partial charge on any atom is -0.494 e. The van der Waals surface area contributed by atoms with Crippen LogP contribution in [0.25, 0.3) is 11.3 Å². The molecule has 0 atom stereocenters. The molecule has 3 aromatic heterocycles. The van der Waals surface area contributed by atoms with Crippen molar-refractivity contribution in [1.29, 1.82) is 0 Å². The monoisotopic (exact) mass is 454 g/mol. The predicted octanol–water partition coefficient (Wildman–Crippen LogP) is 4.59. The molecule has 0 fully saturated rings. The van der Waals surface area contributed by atoms with Gasteiger partial charge in [-0.05, 0) is 41.1 Å². The van der Waals surface area contributed by atoms with Gasteiger partial charge in [-0.15, -0.1) is 5.10 Å². The summed E-state index contributed by atoms with van der Waals surface area (Å²) in [7, 11) is 1.56. The van der Waals surface area contributed by atoms with E-state index in [0.717, 1.165) is 17.8 Å². The molecule has 12 heteroatoms. The van der Waals surface area contributed by atoms with E-state index in [1.165, 1.54) is 22.4 Å². The van der Waals surface area contributed by atoms with Crippen molar-refractivity contribution >= 4 is 29.0 Å². The number of rotatable bonds is 5. The topological polar surface area (TPSA) is 70.1 Å². The number of imidazole rings is 1. The molecule has 0 aliphatic heterocycles. The molecular weight excluding hydrogens is 441 g/mol. The number of hydrogen-bond donors (Lipinski definition) is 0. The van der Waals surface area contributed by atoms with Gasteiger partial charge in [-0.1, -0.05) is 29.4 Å². The van der Waals surface area contributed by atoms with Gasteiger partial charge in [0.05, 0.1) is 23.4 Å². The Morgan fingerprint density at radius 2 is 2.00 bits per heavy atom. The van der Waals surface area contributed by atoms with E-state index in [9.17, 15) is 13.2 Å². The Morgan fingerprint density at radius 3 is 2.73 bits per heavy atom. The summed E-state index contributed by atoms with van der Waals surface area (Å²) in [6.07, 6.45) is -2.03. The molecule has 0 amide bonds. The first kappa shape index (κ1) is 20.5. The summed E-state index contributed by atoms with van der Waals surface area (Å²) < 4.78 is 47.2. The third kappa shape index (κ3) is 3.94. The van der Waals surface area contributed by atoms with Crippen molar-refractivity contribution in [2.45, 2.75) is 24.0 Å². The van der Waals surface area contributed by atoms with Crippen LogP contribution in [0.3, 0.4) is 0 Å². The quantitative estimate of drug-likeness (QED) is 0.411. The number of aromatic nitrogens is 6. The van der Waals surface area contributed by atoms with E-state index in [-0.39, 0.29) is 10.7 Å². The second-order valence-electron chi connectivity index (χ2n) is 6.37. The van der Waals surface area contributed by atoms with E-state index < -0.39 is 11.7 Å². The molecule has 3 heterocycles. The first-order valence-corrected chi connectivity index (χ1v) is 9.93. The van der Waals surface area contributed by atoms with E-state index >= 15 is 0 Å². The van der Waals surface area contributed by atoms with Gasteiger partial charge in [0.25, 0.3) is 0 Å². The van der Waals surface area contributed by atoms with Crippen molar-refractivity contribution < 1.29 is 17.9 Å². The normalized spacial score (nSPS) is 11.9. The van der Waals surface area contributed by atoms with Crippen LogP contribution in [0.15, 0.2) is 41.8 Å². The summed E-state index contributed by atoms with van der Waals surface area (Å²) in [5.41, 5.74) is 1.63. The van der Waals surface area contributed by atoms with Gasteiger partial charge < -0.3 is 9.14 Å². The first-order chi connectivity index (χ1) is 14.3. The van der Waals surface area contributed by atoms with Gasteiger partial charge in [0.15, 0.2) is 5.65 Å². The Labute approximate surface area is 177 Å². The molecule has 4 rings (SSSR count). The number of halogens is 4. The lowest BCUT2D eigenvalue weighted by molar-refractivity contribution is -0.137. The van der Waals surface area contributed by atoms with Crippen molar-refractivity contribution in [2.75, 3.05) is 7.11 Å². The van der Waals surface area contributed by atoms with Gasteiger partial charge >= 0.3 is 6.18 Å². The van der Waals surface area contributed by atoms with E-state index in [1.807, 2.05) is 25.1 Å². The first-order valence-electron chi connectivity index (χ1n) is 8.57. The number of ether oxygens (including phenoxy) is 1. The van der Waals surface area contributed by atoms with Gasteiger partial charge in [-0.3, -0.25) is 0 Å². The van der Waals surface area contributed by atoms with E-state index in [1.54, 1.807) is 11.8 Å². The van der Waals surface area contributed by atoms with Crippen LogP contribution in [0.2, 0.25) is 5.02 Å². The number of fused-ring (bicyclic) bond motifs is 1. The zero-order valence-corrected chi connectivity index (χ0v) is 17.3. The van der Waals surface area contributed by atoms with Crippen LogP contribution in [0.4, 0.5) is 13.2 Å². The second kappa shape index (κ2) is 7.80. The van der Waals surface area contributed by atoms with Gasteiger partial charge in [0.1, 0.15) is 11.4 Å². The number of aryl methyl sites for hydroxylation is 1. The number of nitrogens with zero attached hydrogens (tertiary/aromatic N) is 6. The Morgan fingerprint density at radius 1 is 1.20 bits per heavy atom. The highest BCUT2D eigenvalue weighted by atomic mass is 35.5. The van der Waals surface area contributed by atoms with Crippen molar-refractivity contribution in [2.24, 2.45) is 0 Å². The smallest absolute Gasteiger partial charge is 0.417 e. The van der Waals surface area contributed by atoms with Crippen molar-refractivity contribution in [1.82, 2.24) is 29.6 Å². The summed E-state index contributed by atoms with van der Waals surface area (Å²) in [5.74, 6) is 0.933. The summed E-state index contributed by atoms with van der Waals surface area (Å²) in [5, 5.41) is 12.2. The molecule has 0 aliphatic carbocycles. The minimum atomic E-state index is -4.49. The zero-order chi connectivity index (χ0) is 21.5. The summed E-state index contributed by atoms with van der Waals surface area (Å²) >= 11 is 7.28. The van der Waals surface area contributed by atoms with Crippen LogP contribution in [-0.4, -0.2) is 36.7 Å². The lowest BCUT2D eigenvalue weighted by atomic mass is 10.2. The molecule has 0 saturated heterocycles.